The fourth-order valence-electron chi connectivity index (χ4n) is 2.70. The molecule has 1 amide bonds. The number of alkyl halides is 2. The number of hydrogen-bond acceptors (Lipinski definition) is 8. The average Bonchev–Trinajstić information content (AvgIpc) is 3.03. The monoisotopic (exact) mass is 351 g/mol. The van der Waals surface area contributed by atoms with Crippen LogP contribution in [0.1, 0.15) is 19.9 Å². The van der Waals surface area contributed by atoms with Gasteiger partial charge in [0.1, 0.15) is 30.7 Å². The summed E-state index contributed by atoms with van der Waals surface area (Å²) >= 11 is 0. The number of aliphatic hydroxyl groups excluding tert-OH is 3. The summed E-state index contributed by atoms with van der Waals surface area (Å²) in [5.41, 5.74) is 0. The van der Waals surface area contributed by atoms with E-state index in [1.807, 2.05) is 0 Å². The van der Waals surface area contributed by atoms with E-state index in [2.05, 4.69) is 20.8 Å². The molecule has 7 atom stereocenters. The Morgan fingerprint density at radius 2 is 2.21 bits per heavy atom. The smallest absolute Gasteiger partial charge is 0.240 e. The number of ether oxygens (including phenoxy) is 1. The highest BCUT2D eigenvalue weighted by Crippen LogP contribution is 2.40. The molecule has 0 aromatic carbocycles. The highest BCUT2D eigenvalue weighted by Gasteiger charge is 2.57. The molecule has 136 valence electrons. The molecule has 0 saturated carbocycles. The lowest BCUT2D eigenvalue weighted by molar-refractivity contribution is -0.279. The lowest BCUT2D eigenvalue weighted by atomic mass is 9.86. The maximum atomic E-state index is 14.6. The number of tetrazole rings is 1. The molecule has 12 heteroatoms. The Hall–Kier alpha value is -1.76. The fraction of sp³-hybridized carbons (Fsp3) is 0.833. The Morgan fingerprint density at radius 3 is 2.71 bits per heavy atom. The van der Waals surface area contributed by atoms with E-state index in [4.69, 9.17) is 9.84 Å². The van der Waals surface area contributed by atoms with Crippen molar-refractivity contribution in [3.8, 4) is 0 Å². The van der Waals surface area contributed by atoms with E-state index in [9.17, 15) is 23.8 Å². The molecule has 0 aliphatic carbocycles. The normalized spacial score (nSPS) is 36.1. The molecule has 10 nitrogen and oxygen atoms in total. The molecule has 24 heavy (non-hydrogen) atoms. The largest absolute Gasteiger partial charge is 0.394 e. The molecule has 0 radical (unpaired) electrons. The number of aliphatic hydroxyl groups is 3. The first-order valence-electron chi connectivity index (χ1n) is 7.16. The van der Waals surface area contributed by atoms with Crippen molar-refractivity contribution in [3.05, 3.63) is 6.33 Å². The summed E-state index contributed by atoms with van der Waals surface area (Å²) in [6, 6.07) is -2.75. The van der Waals surface area contributed by atoms with Crippen LogP contribution in [-0.2, 0) is 9.53 Å². The summed E-state index contributed by atoms with van der Waals surface area (Å²) in [5.74, 6) is -3.46. The topological polar surface area (TPSA) is 143 Å². The van der Waals surface area contributed by atoms with Gasteiger partial charge in [-0.1, -0.05) is 0 Å². The van der Waals surface area contributed by atoms with Crippen LogP contribution in [0, 0.1) is 0 Å². The van der Waals surface area contributed by atoms with Crippen molar-refractivity contribution in [1.29, 1.82) is 0 Å². The van der Waals surface area contributed by atoms with E-state index in [-0.39, 0.29) is 0 Å². The zero-order valence-electron chi connectivity index (χ0n) is 13.0. The van der Waals surface area contributed by atoms with Crippen LogP contribution in [0.25, 0.3) is 0 Å². The Labute approximate surface area is 135 Å². The number of amides is 1. The standard InChI is InChI=1S/C12H19F2N5O5/c1-5(21)16-7-8(19-4-15-17-18-19)11(13)12(2,14)24-10(7)9(23)6(22)3-20/h4,6-11,20,22-23H,3H2,1-2H3,(H,16,21)/t6-,7-,8-,9-,10-,11?,12?/m1/s1. The third kappa shape index (κ3) is 3.50. The molecule has 2 rings (SSSR count). The van der Waals surface area contributed by atoms with Gasteiger partial charge in [-0.05, 0) is 17.4 Å². The Bertz CT molecular complexity index is 560. The van der Waals surface area contributed by atoms with Gasteiger partial charge in [-0.3, -0.25) is 4.79 Å². The van der Waals surface area contributed by atoms with Crippen LogP contribution in [0.4, 0.5) is 8.78 Å². The molecular weight excluding hydrogens is 332 g/mol. The lowest BCUT2D eigenvalue weighted by Gasteiger charge is -2.47. The highest BCUT2D eigenvalue weighted by molar-refractivity contribution is 5.73. The van der Waals surface area contributed by atoms with E-state index in [0.29, 0.717) is 0 Å². The van der Waals surface area contributed by atoms with E-state index in [1.54, 1.807) is 0 Å². The Balaban J connectivity index is 2.45. The molecule has 0 bridgehead atoms. The van der Waals surface area contributed by atoms with Gasteiger partial charge < -0.3 is 25.4 Å². The minimum absolute atomic E-state index is 0.605. The van der Waals surface area contributed by atoms with Gasteiger partial charge in [0.2, 0.25) is 11.8 Å². The average molecular weight is 351 g/mol. The van der Waals surface area contributed by atoms with Gasteiger partial charge in [-0.2, -0.15) is 0 Å². The summed E-state index contributed by atoms with van der Waals surface area (Å²) < 4.78 is 35.0. The quantitative estimate of drug-likeness (QED) is 0.470. The summed E-state index contributed by atoms with van der Waals surface area (Å²) in [6.07, 6.45) is -6.31. The summed E-state index contributed by atoms with van der Waals surface area (Å²) in [4.78, 5) is 11.5. The number of nitrogens with one attached hydrogen (secondary N) is 1. The zero-order chi connectivity index (χ0) is 18.1. The van der Waals surface area contributed by atoms with Crippen molar-refractivity contribution >= 4 is 5.91 Å². The second-order valence-corrected chi connectivity index (χ2v) is 5.72. The van der Waals surface area contributed by atoms with Crippen LogP contribution >= 0.6 is 0 Å². The van der Waals surface area contributed by atoms with Crippen molar-refractivity contribution in [1.82, 2.24) is 25.5 Å². The van der Waals surface area contributed by atoms with Gasteiger partial charge in [0, 0.05) is 6.92 Å². The molecule has 0 spiro atoms. The zero-order valence-corrected chi connectivity index (χ0v) is 13.0. The first kappa shape index (κ1) is 18.6. The first-order valence-corrected chi connectivity index (χ1v) is 7.16. The number of carbonyl (C=O) groups is 1. The van der Waals surface area contributed by atoms with Gasteiger partial charge in [0.15, 0.2) is 6.17 Å². The molecule has 1 aliphatic heterocycles. The number of carbonyl (C=O) groups excluding carboxylic acids is 1. The number of halogens is 2. The molecular formula is C12H19F2N5O5. The van der Waals surface area contributed by atoms with Gasteiger partial charge in [0.25, 0.3) is 0 Å². The predicted molar refractivity (Wildman–Crippen MR) is 72.8 cm³/mol. The Morgan fingerprint density at radius 1 is 1.54 bits per heavy atom. The van der Waals surface area contributed by atoms with Crippen molar-refractivity contribution < 1.29 is 33.6 Å². The van der Waals surface area contributed by atoms with Crippen LogP contribution in [0.2, 0.25) is 0 Å². The van der Waals surface area contributed by atoms with E-state index >= 15 is 0 Å². The SMILES string of the molecule is CC(=O)N[C@H]1[C@H]([C@H](O)[C@H](O)CO)OC(C)(F)C(F)[C@@H]1n1cnnn1. The summed E-state index contributed by atoms with van der Waals surface area (Å²) in [5, 5.41) is 41.3. The third-order valence-corrected chi connectivity index (χ3v) is 3.84. The second kappa shape index (κ2) is 7.01. The van der Waals surface area contributed by atoms with E-state index < -0.39 is 54.9 Å². The Kier molecular flexibility index (Phi) is 5.42. The van der Waals surface area contributed by atoms with Crippen molar-refractivity contribution in [2.45, 2.75) is 56.3 Å². The molecule has 4 N–H and O–H groups in total. The van der Waals surface area contributed by atoms with Crippen molar-refractivity contribution in [3.63, 3.8) is 0 Å². The first-order chi connectivity index (χ1) is 11.2. The van der Waals surface area contributed by atoms with Gasteiger partial charge in [-0.25, -0.2) is 13.5 Å². The number of rotatable bonds is 5. The van der Waals surface area contributed by atoms with Crippen molar-refractivity contribution in [2.75, 3.05) is 6.61 Å². The van der Waals surface area contributed by atoms with E-state index in [0.717, 1.165) is 24.9 Å². The summed E-state index contributed by atoms with van der Waals surface area (Å²) in [7, 11) is 0. The summed E-state index contributed by atoms with van der Waals surface area (Å²) in [6.45, 7) is 1.11. The number of aromatic nitrogens is 4. The van der Waals surface area contributed by atoms with Gasteiger partial charge >= 0.3 is 0 Å². The van der Waals surface area contributed by atoms with Crippen LogP contribution in [0.15, 0.2) is 6.33 Å². The fourth-order valence-corrected chi connectivity index (χ4v) is 2.70. The lowest BCUT2D eigenvalue weighted by Crippen LogP contribution is -2.66. The predicted octanol–water partition coefficient (Wildman–Crippen LogP) is -2.14. The van der Waals surface area contributed by atoms with Gasteiger partial charge in [0.05, 0.1) is 12.6 Å². The van der Waals surface area contributed by atoms with E-state index in [1.165, 1.54) is 0 Å². The molecule has 2 heterocycles. The molecule has 1 aromatic heterocycles. The van der Waals surface area contributed by atoms with Crippen LogP contribution in [0.3, 0.4) is 0 Å². The molecule has 1 saturated heterocycles. The minimum atomic E-state index is -2.85. The van der Waals surface area contributed by atoms with Gasteiger partial charge in [-0.15, -0.1) is 5.10 Å². The second-order valence-electron chi connectivity index (χ2n) is 5.72. The van der Waals surface area contributed by atoms with Crippen molar-refractivity contribution in [2.24, 2.45) is 0 Å². The van der Waals surface area contributed by atoms with Crippen LogP contribution in [-0.4, -0.2) is 84.4 Å². The molecule has 1 aliphatic rings. The maximum Gasteiger partial charge on any atom is 0.240 e. The number of nitrogens with zero attached hydrogens (tertiary/aromatic N) is 4. The molecule has 1 aromatic rings. The van der Waals surface area contributed by atoms with Crippen LogP contribution < -0.4 is 5.32 Å². The number of hydrogen-bond donors (Lipinski definition) is 4. The minimum Gasteiger partial charge on any atom is -0.394 e. The molecule has 1 fully saturated rings. The third-order valence-electron chi connectivity index (χ3n) is 3.84. The maximum absolute atomic E-state index is 14.6. The van der Waals surface area contributed by atoms with Crippen LogP contribution in [0.5, 0.6) is 0 Å². The molecule has 2 unspecified atom stereocenters. The highest BCUT2D eigenvalue weighted by atomic mass is 19.2.